The second-order valence-electron chi connectivity index (χ2n) is 4.43. The molecule has 0 bridgehead atoms. The summed E-state index contributed by atoms with van der Waals surface area (Å²) < 4.78 is 40.7. The molecule has 8 heteroatoms. The minimum Gasteiger partial charge on any atom is -0.315 e. The molecule has 1 heterocycles. The minimum atomic E-state index is -3.81. The molecule has 0 saturated carbocycles. The third kappa shape index (κ3) is 3.74. The van der Waals surface area contributed by atoms with Crippen LogP contribution in [0, 0.1) is 12.7 Å². The monoisotopic (exact) mass is 348 g/mol. The van der Waals surface area contributed by atoms with Gasteiger partial charge in [0.15, 0.2) is 0 Å². The van der Waals surface area contributed by atoms with Crippen molar-refractivity contribution in [1.29, 1.82) is 0 Å². The quantitative estimate of drug-likeness (QED) is 0.871. The van der Waals surface area contributed by atoms with Gasteiger partial charge in [0.1, 0.15) is 10.0 Å². The molecule has 21 heavy (non-hydrogen) atoms. The zero-order chi connectivity index (χ0) is 15.6. The van der Waals surface area contributed by atoms with Crippen LogP contribution in [0.4, 0.5) is 10.1 Å². The molecule has 0 aliphatic rings. The molecule has 114 valence electrons. The first-order chi connectivity index (χ1) is 9.83. The summed E-state index contributed by atoms with van der Waals surface area (Å²) in [5.74, 6) is -0.713. The fourth-order valence-electron chi connectivity index (χ4n) is 1.72. The third-order valence-electron chi connectivity index (χ3n) is 2.78. The highest BCUT2D eigenvalue weighted by atomic mass is 35.5. The second kappa shape index (κ2) is 6.31. The highest BCUT2D eigenvalue weighted by Gasteiger charge is 2.20. The molecule has 2 aromatic rings. The zero-order valence-corrected chi connectivity index (χ0v) is 13.8. The Morgan fingerprint density at radius 3 is 2.67 bits per heavy atom. The zero-order valence-electron chi connectivity index (χ0n) is 11.4. The lowest BCUT2D eigenvalue weighted by atomic mass is 10.3. The first-order valence-electron chi connectivity index (χ1n) is 6.05. The van der Waals surface area contributed by atoms with Crippen LogP contribution >= 0.6 is 22.9 Å². The SMILES string of the molecule is CNCc1sc(S(=O)(=O)Nc2ccc(Cl)cc2F)cc1C. The highest BCUT2D eigenvalue weighted by molar-refractivity contribution is 7.94. The summed E-state index contributed by atoms with van der Waals surface area (Å²) in [7, 11) is -2.02. The number of anilines is 1. The summed E-state index contributed by atoms with van der Waals surface area (Å²) in [4.78, 5) is 0.925. The van der Waals surface area contributed by atoms with Gasteiger partial charge in [0.05, 0.1) is 5.69 Å². The van der Waals surface area contributed by atoms with Crippen LogP contribution in [0.2, 0.25) is 5.02 Å². The molecule has 0 atom stereocenters. The molecular formula is C13H14ClFN2O2S2. The molecule has 2 rings (SSSR count). The number of nitrogens with one attached hydrogen (secondary N) is 2. The Morgan fingerprint density at radius 1 is 1.33 bits per heavy atom. The Kier molecular flexibility index (Phi) is 4.88. The summed E-state index contributed by atoms with van der Waals surface area (Å²) in [6.45, 7) is 2.42. The number of thiophene rings is 1. The van der Waals surface area contributed by atoms with E-state index in [0.717, 1.165) is 27.8 Å². The van der Waals surface area contributed by atoms with Crippen LogP contribution in [0.5, 0.6) is 0 Å². The Hall–Kier alpha value is -1.15. The summed E-state index contributed by atoms with van der Waals surface area (Å²) in [5, 5.41) is 3.18. The Balaban J connectivity index is 2.32. The fourth-order valence-corrected chi connectivity index (χ4v) is 4.55. The molecule has 0 unspecified atom stereocenters. The predicted octanol–water partition coefficient (Wildman–Crippen LogP) is 3.37. The molecule has 4 nitrogen and oxygen atoms in total. The molecule has 0 saturated heterocycles. The lowest BCUT2D eigenvalue weighted by Crippen LogP contribution is -2.12. The number of sulfonamides is 1. The molecular weight excluding hydrogens is 335 g/mol. The van der Waals surface area contributed by atoms with E-state index in [0.29, 0.717) is 6.54 Å². The standard InChI is InChI=1S/C13H14ClFN2O2S2/c1-8-5-13(20-12(8)7-16-2)21(18,19)17-11-4-3-9(14)6-10(11)15/h3-6,16-17H,7H2,1-2H3. The van der Waals surface area contributed by atoms with Crippen molar-refractivity contribution < 1.29 is 12.8 Å². The first-order valence-corrected chi connectivity index (χ1v) is 8.73. The van der Waals surface area contributed by atoms with Gasteiger partial charge < -0.3 is 5.32 Å². The summed E-state index contributed by atoms with van der Waals surface area (Å²) in [6.07, 6.45) is 0. The van der Waals surface area contributed by atoms with Crippen molar-refractivity contribution in [3.63, 3.8) is 0 Å². The van der Waals surface area contributed by atoms with Gasteiger partial charge in [-0.3, -0.25) is 4.72 Å². The van der Waals surface area contributed by atoms with Gasteiger partial charge in [-0.2, -0.15) is 0 Å². The Morgan fingerprint density at radius 2 is 2.05 bits per heavy atom. The van der Waals surface area contributed by atoms with E-state index in [9.17, 15) is 12.8 Å². The average molecular weight is 349 g/mol. The Bertz CT molecular complexity index is 760. The molecule has 0 amide bonds. The maximum atomic E-state index is 13.7. The molecule has 0 radical (unpaired) electrons. The van der Waals surface area contributed by atoms with Crippen molar-refractivity contribution in [1.82, 2.24) is 5.32 Å². The molecule has 0 aliphatic heterocycles. The third-order valence-corrected chi connectivity index (χ3v) is 6.09. The van der Waals surface area contributed by atoms with Crippen molar-refractivity contribution in [3.05, 3.63) is 45.5 Å². The summed E-state index contributed by atoms with van der Waals surface area (Å²) in [5.41, 5.74) is 0.756. The predicted molar refractivity (Wildman–Crippen MR) is 84.0 cm³/mol. The van der Waals surface area contributed by atoms with E-state index in [2.05, 4.69) is 10.0 Å². The van der Waals surface area contributed by atoms with E-state index in [1.54, 1.807) is 13.1 Å². The normalized spacial score (nSPS) is 11.6. The van der Waals surface area contributed by atoms with Gasteiger partial charge in [0, 0.05) is 16.4 Å². The van der Waals surface area contributed by atoms with Crippen LogP contribution in [0.25, 0.3) is 0 Å². The lowest BCUT2D eigenvalue weighted by molar-refractivity contribution is 0.600. The number of aryl methyl sites for hydroxylation is 1. The largest absolute Gasteiger partial charge is 0.315 e. The van der Waals surface area contributed by atoms with Crippen molar-refractivity contribution in [2.24, 2.45) is 0 Å². The van der Waals surface area contributed by atoms with Crippen LogP contribution in [-0.2, 0) is 16.6 Å². The van der Waals surface area contributed by atoms with E-state index in [-0.39, 0.29) is 14.9 Å². The number of halogens is 2. The van der Waals surface area contributed by atoms with E-state index >= 15 is 0 Å². The molecule has 1 aromatic carbocycles. The van der Waals surface area contributed by atoms with Crippen LogP contribution in [0.3, 0.4) is 0 Å². The van der Waals surface area contributed by atoms with Crippen molar-refractivity contribution in [2.45, 2.75) is 17.7 Å². The van der Waals surface area contributed by atoms with Crippen LogP contribution in [-0.4, -0.2) is 15.5 Å². The molecule has 0 fully saturated rings. The van der Waals surface area contributed by atoms with Crippen LogP contribution < -0.4 is 10.0 Å². The first kappa shape index (κ1) is 16.2. The van der Waals surface area contributed by atoms with Crippen molar-refractivity contribution >= 4 is 38.6 Å². The molecule has 1 aromatic heterocycles. The Labute approximate surface area is 132 Å². The van der Waals surface area contributed by atoms with Crippen molar-refractivity contribution in [3.8, 4) is 0 Å². The van der Waals surface area contributed by atoms with Crippen LogP contribution in [0.1, 0.15) is 10.4 Å². The van der Waals surface area contributed by atoms with Crippen molar-refractivity contribution in [2.75, 3.05) is 11.8 Å². The number of rotatable bonds is 5. The minimum absolute atomic E-state index is 0.124. The average Bonchev–Trinajstić information content (AvgIpc) is 2.76. The highest BCUT2D eigenvalue weighted by Crippen LogP contribution is 2.28. The van der Waals surface area contributed by atoms with Gasteiger partial charge in [-0.15, -0.1) is 11.3 Å². The van der Waals surface area contributed by atoms with E-state index in [1.165, 1.54) is 12.1 Å². The smallest absolute Gasteiger partial charge is 0.271 e. The number of benzene rings is 1. The van der Waals surface area contributed by atoms with Gasteiger partial charge >= 0.3 is 0 Å². The fraction of sp³-hybridized carbons (Fsp3) is 0.231. The summed E-state index contributed by atoms with van der Waals surface area (Å²) in [6, 6.07) is 5.36. The van der Waals surface area contributed by atoms with Gasteiger partial charge in [0.2, 0.25) is 0 Å². The summed E-state index contributed by atoms with van der Waals surface area (Å²) >= 11 is 6.80. The molecule has 0 aliphatic carbocycles. The number of hydrogen-bond donors (Lipinski definition) is 2. The number of hydrogen-bond acceptors (Lipinski definition) is 4. The van der Waals surface area contributed by atoms with E-state index in [1.807, 2.05) is 6.92 Å². The maximum absolute atomic E-state index is 13.7. The van der Waals surface area contributed by atoms with Gasteiger partial charge in [-0.1, -0.05) is 11.6 Å². The molecule has 0 spiro atoms. The molecule has 2 N–H and O–H groups in total. The second-order valence-corrected chi connectivity index (χ2v) is 7.91. The topological polar surface area (TPSA) is 58.2 Å². The van der Waals surface area contributed by atoms with Gasteiger partial charge in [-0.25, -0.2) is 12.8 Å². The van der Waals surface area contributed by atoms with E-state index < -0.39 is 15.8 Å². The van der Waals surface area contributed by atoms with Gasteiger partial charge in [0.25, 0.3) is 10.0 Å². The van der Waals surface area contributed by atoms with Gasteiger partial charge in [-0.05, 0) is 43.8 Å². The maximum Gasteiger partial charge on any atom is 0.271 e. The lowest BCUT2D eigenvalue weighted by Gasteiger charge is -2.07. The van der Waals surface area contributed by atoms with E-state index in [4.69, 9.17) is 11.6 Å². The van der Waals surface area contributed by atoms with Crippen LogP contribution in [0.15, 0.2) is 28.5 Å².